The van der Waals surface area contributed by atoms with Gasteiger partial charge >= 0.3 is 0 Å². The number of nitriles is 1. The van der Waals surface area contributed by atoms with Gasteiger partial charge in [0.05, 0.1) is 13.2 Å². The van der Waals surface area contributed by atoms with Crippen LogP contribution in [0.15, 0.2) is 66.7 Å². The van der Waals surface area contributed by atoms with Crippen molar-refractivity contribution in [3.05, 3.63) is 85.0 Å². The fourth-order valence-electron chi connectivity index (χ4n) is 3.12. The first kappa shape index (κ1) is 24.0. The molecule has 0 radical (unpaired) electrons. The van der Waals surface area contributed by atoms with E-state index in [1.54, 1.807) is 24.3 Å². The van der Waals surface area contributed by atoms with E-state index in [0.717, 1.165) is 16.7 Å². The van der Waals surface area contributed by atoms with E-state index in [1.807, 2.05) is 93.7 Å². The lowest BCUT2D eigenvalue weighted by atomic mass is 10.0. The number of aromatic hydroxyl groups is 1. The zero-order valence-electron chi connectivity index (χ0n) is 16.8. The number of phenols is 1. The Balaban J connectivity index is 1.78. The summed E-state index contributed by atoms with van der Waals surface area (Å²) in [5.41, 5.74) is 3.24. The predicted octanol–water partition coefficient (Wildman–Crippen LogP) is 4.25. The molecule has 3 aromatic rings. The minimum Gasteiger partial charge on any atom is -0.506 e. The van der Waals surface area contributed by atoms with Gasteiger partial charge in [-0.1, -0.05) is 42.5 Å². The lowest BCUT2D eigenvalue weighted by molar-refractivity contribution is -0.122. The summed E-state index contributed by atoms with van der Waals surface area (Å²) in [5.74, 6) is -0.647. The number of nitrogens with zero attached hydrogens (tertiary/aromatic N) is 1. The first-order chi connectivity index (χ1) is 15.4. The van der Waals surface area contributed by atoms with Gasteiger partial charge in [0.15, 0.2) is 0 Å². The molecule has 2 amide bonds. The van der Waals surface area contributed by atoms with E-state index < -0.39 is 11.9 Å². The second kappa shape index (κ2) is 11.3. The molecule has 0 aromatic heterocycles. The van der Waals surface area contributed by atoms with Gasteiger partial charge in [-0.2, -0.15) is 5.26 Å². The molecule has 32 heavy (non-hydrogen) atoms. The zero-order chi connectivity index (χ0) is 23.1. The van der Waals surface area contributed by atoms with Crippen LogP contribution < -0.4 is 10.6 Å². The van der Waals surface area contributed by atoms with Crippen LogP contribution in [0.25, 0.3) is 11.1 Å². The van der Waals surface area contributed by atoms with Crippen LogP contribution in [0.2, 0.25) is 0 Å². The Morgan fingerprint density at radius 2 is 1.56 bits per heavy atom. The highest BCUT2D eigenvalue weighted by molar-refractivity contribution is 14.1. The van der Waals surface area contributed by atoms with Crippen LogP contribution in [0, 0.1) is 18.5 Å². The number of amides is 2. The minimum atomic E-state index is -0.874. The molecule has 0 saturated carbocycles. The maximum atomic E-state index is 12.9. The molecule has 0 aliphatic carbocycles. The zero-order valence-corrected chi connectivity index (χ0v) is 21.1. The van der Waals surface area contributed by atoms with Crippen molar-refractivity contribution in [2.45, 2.75) is 12.5 Å². The number of rotatable bonds is 7. The number of carbonyl (C=O) groups is 2. The Bertz CT molecular complexity index is 1140. The monoisotopic (exact) mass is 651 g/mol. The van der Waals surface area contributed by atoms with Crippen molar-refractivity contribution in [1.29, 1.82) is 5.26 Å². The Hall–Kier alpha value is -2.65. The normalized spacial score (nSPS) is 11.3. The van der Waals surface area contributed by atoms with Gasteiger partial charge in [0.2, 0.25) is 5.91 Å². The van der Waals surface area contributed by atoms with Crippen molar-refractivity contribution in [2.24, 2.45) is 0 Å². The highest BCUT2D eigenvalue weighted by atomic mass is 127. The lowest BCUT2D eigenvalue weighted by Crippen LogP contribution is -2.48. The van der Waals surface area contributed by atoms with Gasteiger partial charge in [0.25, 0.3) is 5.91 Å². The van der Waals surface area contributed by atoms with Crippen molar-refractivity contribution >= 4 is 57.0 Å². The van der Waals surface area contributed by atoms with Crippen molar-refractivity contribution in [3.8, 4) is 22.9 Å². The molecule has 1 atom stereocenters. The van der Waals surface area contributed by atoms with Crippen molar-refractivity contribution in [2.75, 3.05) is 6.54 Å². The topological polar surface area (TPSA) is 102 Å². The summed E-state index contributed by atoms with van der Waals surface area (Å²) in [4.78, 5) is 25.5. The maximum absolute atomic E-state index is 12.9. The number of hydrogen-bond acceptors (Lipinski definition) is 4. The van der Waals surface area contributed by atoms with Gasteiger partial charge in [-0.15, -0.1) is 0 Å². The largest absolute Gasteiger partial charge is 0.506 e. The van der Waals surface area contributed by atoms with E-state index in [1.165, 1.54) is 0 Å². The summed E-state index contributed by atoms with van der Waals surface area (Å²) in [6.07, 6.45) is 0.220. The number of carbonyl (C=O) groups excluding carboxylic acids is 2. The average molecular weight is 651 g/mol. The Morgan fingerprint density at radius 3 is 2.16 bits per heavy atom. The summed E-state index contributed by atoms with van der Waals surface area (Å²) in [6.45, 7) is -0.151. The molecule has 3 N–H and O–H groups in total. The first-order valence-corrected chi connectivity index (χ1v) is 11.8. The van der Waals surface area contributed by atoms with Crippen molar-refractivity contribution < 1.29 is 14.7 Å². The standard InChI is InChI=1S/C24H19I2N3O3/c25-19-12-15(13-20(26)22(19)30)14-21(24(32)28-11-10-27)29-23(31)18-8-6-17(7-9-18)16-4-2-1-3-5-16/h1-9,12-13,21,30H,11,14H2,(H,28,32)(H,29,31)/t21-/m0/s1. The van der Waals surface area contributed by atoms with Crippen LogP contribution in [-0.4, -0.2) is 29.5 Å². The number of phenolic OH excluding ortho intramolecular Hbond substituents is 1. The molecule has 0 heterocycles. The highest BCUT2D eigenvalue weighted by Gasteiger charge is 2.22. The molecular weight excluding hydrogens is 632 g/mol. The van der Waals surface area contributed by atoms with Crippen LogP contribution in [0.1, 0.15) is 15.9 Å². The molecule has 0 saturated heterocycles. The maximum Gasteiger partial charge on any atom is 0.251 e. The molecule has 162 valence electrons. The third-order valence-corrected chi connectivity index (χ3v) is 6.38. The van der Waals surface area contributed by atoms with E-state index in [0.29, 0.717) is 12.7 Å². The molecule has 6 nitrogen and oxygen atoms in total. The average Bonchev–Trinajstić information content (AvgIpc) is 2.81. The summed E-state index contributed by atoms with van der Waals surface area (Å²) >= 11 is 4.04. The number of benzene rings is 3. The second-order valence-corrected chi connectivity index (χ2v) is 9.28. The fraction of sp³-hybridized carbons (Fsp3) is 0.125. The number of halogens is 2. The summed E-state index contributed by atoms with van der Waals surface area (Å²) in [6, 6.07) is 21.5. The second-order valence-electron chi connectivity index (χ2n) is 6.96. The van der Waals surface area contributed by atoms with E-state index in [4.69, 9.17) is 5.26 Å². The van der Waals surface area contributed by atoms with Gasteiger partial charge in [0, 0.05) is 12.0 Å². The smallest absolute Gasteiger partial charge is 0.251 e. The van der Waals surface area contributed by atoms with E-state index in [9.17, 15) is 14.7 Å². The Labute approximate surface area is 213 Å². The summed E-state index contributed by atoms with van der Waals surface area (Å²) in [5, 5.41) is 24.1. The highest BCUT2D eigenvalue weighted by Crippen LogP contribution is 2.28. The first-order valence-electron chi connectivity index (χ1n) is 9.67. The molecule has 3 aromatic carbocycles. The van der Waals surface area contributed by atoms with E-state index in [-0.39, 0.29) is 24.6 Å². The van der Waals surface area contributed by atoms with Gasteiger partial charge in [0.1, 0.15) is 18.3 Å². The Morgan fingerprint density at radius 1 is 0.969 bits per heavy atom. The molecule has 8 heteroatoms. The third-order valence-electron chi connectivity index (χ3n) is 4.73. The number of hydrogen-bond donors (Lipinski definition) is 3. The molecule has 0 bridgehead atoms. The Kier molecular flexibility index (Phi) is 8.46. The van der Waals surface area contributed by atoms with Gasteiger partial charge in [-0.05, 0) is 86.1 Å². The molecular formula is C24H19I2N3O3. The molecule has 0 unspecified atom stereocenters. The van der Waals surface area contributed by atoms with Crippen LogP contribution >= 0.6 is 45.2 Å². The van der Waals surface area contributed by atoms with Gasteiger partial charge in [-0.25, -0.2) is 0 Å². The SMILES string of the molecule is N#CCNC(=O)[C@H](Cc1cc(I)c(O)c(I)c1)NC(=O)c1ccc(-c2ccccc2)cc1. The van der Waals surface area contributed by atoms with Crippen molar-refractivity contribution in [3.63, 3.8) is 0 Å². The minimum absolute atomic E-state index is 0.151. The quantitative estimate of drug-likeness (QED) is 0.263. The lowest BCUT2D eigenvalue weighted by Gasteiger charge is -2.19. The third kappa shape index (κ3) is 6.20. The summed E-state index contributed by atoms with van der Waals surface area (Å²) in [7, 11) is 0. The summed E-state index contributed by atoms with van der Waals surface area (Å²) < 4.78 is 1.31. The predicted molar refractivity (Wildman–Crippen MR) is 139 cm³/mol. The van der Waals surface area contributed by atoms with E-state index in [2.05, 4.69) is 10.6 Å². The van der Waals surface area contributed by atoms with Crippen LogP contribution in [0.5, 0.6) is 5.75 Å². The van der Waals surface area contributed by atoms with Crippen LogP contribution in [0.3, 0.4) is 0 Å². The van der Waals surface area contributed by atoms with Crippen LogP contribution in [0.4, 0.5) is 0 Å². The molecule has 0 aliphatic heterocycles. The molecule has 0 aliphatic rings. The van der Waals surface area contributed by atoms with Gasteiger partial charge < -0.3 is 15.7 Å². The van der Waals surface area contributed by atoms with E-state index >= 15 is 0 Å². The molecule has 0 spiro atoms. The number of nitrogens with one attached hydrogen (secondary N) is 2. The van der Waals surface area contributed by atoms with Gasteiger partial charge in [-0.3, -0.25) is 9.59 Å². The molecule has 3 rings (SSSR count). The van der Waals surface area contributed by atoms with Crippen LogP contribution in [-0.2, 0) is 11.2 Å². The fourth-order valence-corrected chi connectivity index (χ4v) is 5.01. The van der Waals surface area contributed by atoms with Crippen molar-refractivity contribution in [1.82, 2.24) is 10.6 Å². The molecule has 0 fully saturated rings.